The molecule has 9 nitrogen and oxygen atoms in total. The van der Waals surface area contributed by atoms with Crippen LogP contribution in [0.3, 0.4) is 0 Å². The summed E-state index contributed by atoms with van der Waals surface area (Å²) >= 11 is 0. The molecule has 3 N–H and O–H groups in total. The number of ether oxygens (including phenoxy) is 1. The number of fused-ring (bicyclic) bond motifs is 3. The molecule has 43 heavy (non-hydrogen) atoms. The fourth-order valence-corrected chi connectivity index (χ4v) is 7.49. The largest absolute Gasteiger partial charge is 0.383 e. The molecule has 4 aromatic rings. The number of hydrogen-bond donors (Lipinski definition) is 2. The van der Waals surface area contributed by atoms with Gasteiger partial charge in [-0.05, 0) is 77.3 Å². The number of hydrogen-bond acceptors (Lipinski definition) is 7. The molecule has 2 aromatic carbocycles. The Balaban J connectivity index is 1.26. The minimum absolute atomic E-state index is 0.0184. The standard InChI is InChI=1S/C34H41N7O2/c1-33(2)16-24(17-34(3,4)39(33)5)37-30-28(22-9-7-6-8-10-22)29(35)41-31(38-30)27(18-36-41)21-11-13-23(14-12-21)32(42)40-19-26-15-25(40)20-43-26/h6-14,18,24-26H,15-17,19-20,35H2,1-5H3,(H,37,38)/t25-,26-/m0/s1. The summed E-state index contributed by atoms with van der Waals surface area (Å²) in [5.41, 5.74) is 11.9. The quantitative estimate of drug-likeness (QED) is 0.330. The van der Waals surface area contributed by atoms with Crippen LogP contribution in [0.2, 0.25) is 0 Å². The molecule has 3 aliphatic heterocycles. The summed E-state index contributed by atoms with van der Waals surface area (Å²) in [6.45, 7) is 10.5. The molecule has 0 unspecified atom stereocenters. The second-order valence-electron chi connectivity index (χ2n) is 13.7. The lowest BCUT2D eigenvalue weighted by Gasteiger charge is -2.53. The number of nitrogens with zero attached hydrogens (tertiary/aromatic N) is 5. The van der Waals surface area contributed by atoms with E-state index in [0.717, 1.165) is 47.3 Å². The molecule has 2 bridgehead atoms. The average Bonchev–Trinajstić information content (AvgIpc) is 3.73. The summed E-state index contributed by atoms with van der Waals surface area (Å²) in [5.74, 6) is 1.36. The first-order valence-corrected chi connectivity index (χ1v) is 15.3. The van der Waals surface area contributed by atoms with E-state index in [4.69, 9.17) is 15.5 Å². The van der Waals surface area contributed by atoms with Crippen molar-refractivity contribution in [1.82, 2.24) is 24.4 Å². The van der Waals surface area contributed by atoms with Crippen LogP contribution in [0.5, 0.6) is 0 Å². The number of benzene rings is 2. The Kier molecular flexibility index (Phi) is 6.52. The van der Waals surface area contributed by atoms with E-state index in [0.29, 0.717) is 30.2 Å². The predicted octanol–water partition coefficient (Wildman–Crippen LogP) is 5.32. The highest BCUT2D eigenvalue weighted by Crippen LogP contribution is 2.41. The molecular formula is C34H41N7O2. The van der Waals surface area contributed by atoms with Gasteiger partial charge in [0, 0.05) is 34.8 Å². The zero-order chi connectivity index (χ0) is 30.1. The van der Waals surface area contributed by atoms with Crippen LogP contribution >= 0.6 is 0 Å². The van der Waals surface area contributed by atoms with E-state index < -0.39 is 0 Å². The molecule has 3 aliphatic rings. The van der Waals surface area contributed by atoms with Crippen LogP contribution < -0.4 is 11.1 Å². The number of amides is 1. The molecule has 9 heteroatoms. The number of likely N-dealkylation sites (tertiary alicyclic amines) is 2. The lowest BCUT2D eigenvalue weighted by molar-refractivity contribution is -0.00771. The molecule has 1 amide bonds. The molecule has 224 valence electrons. The minimum atomic E-state index is 0.0184. The lowest BCUT2D eigenvalue weighted by atomic mass is 9.77. The summed E-state index contributed by atoms with van der Waals surface area (Å²) < 4.78 is 7.41. The maximum atomic E-state index is 13.2. The van der Waals surface area contributed by atoms with Crippen molar-refractivity contribution in [2.75, 3.05) is 31.2 Å². The third kappa shape index (κ3) is 4.75. The van der Waals surface area contributed by atoms with Gasteiger partial charge in [-0.1, -0.05) is 42.5 Å². The van der Waals surface area contributed by atoms with Crippen molar-refractivity contribution in [3.63, 3.8) is 0 Å². The van der Waals surface area contributed by atoms with Crippen molar-refractivity contribution in [3.05, 3.63) is 66.4 Å². The first-order chi connectivity index (χ1) is 20.5. The van der Waals surface area contributed by atoms with Crippen LogP contribution in [-0.4, -0.2) is 79.8 Å². The second-order valence-corrected chi connectivity index (χ2v) is 13.7. The van der Waals surface area contributed by atoms with Gasteiger partial charge in [-0.15, -0.1) is 0 Å². The predicted molar refractivity (Wildman–Crippen MR) is 170 cm³/mol. The van der Waals surface area contributed by atoms with E-state index in [1.165, 1.54) is 0 Å². The SMILES string of the molecule is CN1C(C)(C)CC(Nc2nc3c(-c4ccc(C(=O)N5C[C@@H]6C[C@H]5CO6)cc4)cnn3c(N)c2-c2ccccc2)CC1(C)C. The van der Waals surface area contributed by atoms with E-state index in [1.807, 2.05) is 53.6 Å². The fraction of sp³-hybridized carbons (Fsp3) is 0.441. The van der Waals surface area contributed by atoms with E-state index in [1.54, 1.807) is 4.52 Å². The molecule has 3 fully saturated rings. The van der Waals surface area contributed by atoms with E-state index in [2.05, 4.69) is 62.2 Å². The van der Waals surface area contributed by atoms with E-state index >= 15 is 0 Å². The Bertz CT molecular complexity index is 1660. The van der Waals surface area contributed by atoms with Gasteiger partial charge in [-0.25, -0.2) is 4.98 Å². The number of anilines is 2. The van der Waals surface area contributed by atoms with Crippen LogP contribution in [0.15, 0.2) is 60.8 Å². The fourth-order valence-electron chi connectivity index (χ4n) is 7.49. The molecule has 3 saturated heterocycles. The van der Waals surface area contributed by atoms with Gasteiger partial charge >= 0.3 is 0 Å². The van der Waals surface area contributed by atoms with Gasteiger partial charge in [0.25, 0.3) is 5.91 Å². The monoisotopic (exact) mass is 579 g/mol. The number of piperidine rings is 1. The average molecular weight is 580 g/mol. The molecule has 7 rings (SSSR count). The van der Waals surface area contributed by atoms with Gasteiger partial charge in [0.1, 0.15) is 11.6 Å². The molecule has 0 spiro atoms. The minimum Gasteiger partial charge on any atom is -0.383 e. The van der Waals surface area contributed by atoms with Crippen molar-refractivity contribution in [2.24, 2.45) is 0 Å². The van der Waals surface area contributed by atoms with Crippen molar-refractivity contribution >= 4 is 23.2 Å². The zero-order valence-electron chi connectivity index (χ0n) is 25.7. The lowest BCUT2D eigenvalue weighted by Crippen LogP contribution is -2.61. The number of carbonyl (C=O) groups excluding carboxylic acids is 1. The third-order valence-corrected chi connectivity index (χ3v) is 10.00. The van der Waals surface area contributed by atoms with Gasteiger partial charge in [0.05, 0.1) is 30.5 Å². The summed E-state index contributed by atoms with van der Waals surface area (Å²) in [5, 5.41) is 8.51. The van der Waals surface area contributed by atoms with Gasteiger partial charge in [0.2, 0.25) is 0 Å². The molecule has 0 saturated carbocycles. The third-order valence-electron chi connectivity index (χ3n) is 10.00. The summed E-state index contributed by atoms with van der Waals surface area (Å²) in [4.78, 5) is 22.9. The topological polar surface area (TPSA) is 101 Å². The summed E-state index contributed by atoms with van der Waals surface area (Å²) in [7, 11) is 2.22. The highest BCUT2D eigenvalue weighted by Gasteiger charge is 2.44. The molecule has 0 aliphatic carbocycles. The van der Waals surface area contributed by atoms with Crippen LogP contribution in [0.25, 0.3) is 27.9 Å². The smallest absolute Gasteiger partial charge is 0.254 e. The summed E-state index contributed by atoms with van der Waals surface area (Å²) in [6, 6.07) is 18.3. The highest BCUT2D eigenvalue weighted by atomic mass is 16.5. The Morgan fingerprint density at radius 3 is 2.33 bits per heavy atom. The molecule has 2 aromatic heterocycles. The van der Waals surface area contributed by atoms with Gasteiger partial charge < -0.3 is 20.7 Å². The Hall–Kier alpha value is -3.95. The van der Waals surface area contributed by atoms with Gasteiger partial charge in [-0.2, -0.15) is 9.61 Å². The maximum Gasteiger partial charge on any atom is 0.254 e. The Morgan fingerprint density at radius 1 is 1.00 bits per heavy atom. The van der Waals surface area contributed by atoms with E-state index in [9.17, 15) is 4.79 Å². The number of morpholine rings is 1. The molecule has 2 atom stereocenters. The number of rotatable bonds is 5. The molecule has 5 heterocycles. The van der Waals surface area contributed by atoms with Gasteiger partial charge in [-0.3, -0.25) is 9.69 Å². The number of aromatic nitrogens is 3. The van der Waals surface area contributed by atoms with Crippen LogP contribution in [0.1, 0.15) is 57.3 Å². The number of carbonyl (C=O) groups is 1. The first-order valence-electron chi connectivity index (χ1n) is 15.3. The number of nitrogen functional groups attached to an aromatic ring is 1. The first kappa shape index (κ1) is 27.9. The number of nitrogens with two attached hydrogens (primary N) is 1. The molecule has 0 radical (unpaired) electrons. The van der Waals surface area contributed by atoms with Crippen molar-refractivity contribution < 1.29 is 9.53 Å². The van der Waals surface area contributed by atoms with E-state index in [-0.39, 0.29) is 35.2 Å². The molecular weight excluding hydrogens is 538 g/mol. The van der Waals surface area contributed by atoms with Crippen LogP contribution in [0, 0.1) is 0 Å². The Labute approximate surface area is 253 Å². The van der Waals surface area contributed by atoms with Crippen LogP contribution in [0.4, 0.5) is 11.6 Å². The second kappa shape index (κ2) is 10.1. The highest BCUT2D eigenvalue weighted by molar-refractivity contribution is 5.96. The number of nitrogens with one attached hydrogen (secondary N) is 1. The normalized spacial score (nSPS) is 23.2. The maximum absolute atomic E-state index is 13.2. The van der Waals surface area contributed by atoms with Gasteiger partial charge in [0.15, 0.2) is 5.65 Å². The van der Waals surface area contributed by atoms with Crippen molar-refractivity contribution in [3.8, 4) is 22.3 Å². The Morgan fingerprint density at radius 2 is 1.70 bits per heavy atom. The van der Waals surface area contributed by atoms with Crippen LogP contribution in [-0.2, 0) is 4.74 Å². The summed E-state index contributed by atoms with van der Waals surface area (Å²) in [6.07, 6.45) is 4.87. The van der Waals surface area contributed by atoms with Crippen molar-refractivity contribution in [1.29, 1.82) is 0 Å². The van der Waals surface area contributed by atoms with Crippen molar-refractivity contribution in [2.45, 2.75) is 76.2 Å². The zero-order valence-corrected chi connectivity index (χ0v) is 25.7.